The van der Waals surface area contributed by atoms with Crippen LogP contribution < -0.4 is 5.11 Å². The summed E-state index contributed by atoms with van der Waals surface area (Å²) < 4.78 is 5.13. The van der Waals surface area contributed by atoms with Crippen LogP contribution in [0.5, 0.6) is 0 Å². The van der Waals surface area contributed by atoms with E-state index in [1.54, 1.807) is 32.6 Å². The van der Waals surface area contributed by atoms with Crippen LogP contribution in [0.2, 0.25) is 13.3 Å². The average Bonchev–Trinajstić information content (AvgIpc) is 2.71. The fourth-order valence-corrected chi connectivity index (χ4v) is 12.2. The molecule has 0 aromatic rings. The third-order valence-electron chi connectivity index (χ3n) is 5.64. The first kappa shape index (κ1) is 31.5. The SMILES string of the molecule is CCCCCCCC(=O)[O-].CCCCC[CH2][Sn+]([CH2]CCCCC)[CH2]CCCCC. The van der Waals surface area contributed by atoms with Crippen LogP contribution in [0.4, 0.5) is 0 Å². The minimum absolute atomic E-state index is 0.226. The Hall–Kier alpha value is 0.269. The van der Waals surface area contributed by atoms with Gasteiger partial charge in [0.2, 0.25) is 0 Å². The molecule has 0 aromatic carbocycles. The van der Waals surface area contributed by atoms with Crippen molar-refractivity contribution in [3.63, 3.8) is 0 Å². The molecule has 0 unspecified atom stereocenters. The van der Waals surface area contributed by atoms with Gasteiger partial charge in [-0.15, -0.1) is 0 Å². The average molecular weight is 517 g/mol. The van der Waals surface area contributed by atoms with Crippen LogP contribution >= 0.6 is 0 Å². The molecule has 0 saturated carbocycles. The Morgan fingerprint density at radius 2 is 0.828 bits per heavy atom. The molecule has 2 nitrogen and oxygen atoms in total. The molecule has 0 rings (SSSR count). The molecule has 0 aliphatic rings. The van der Waals surface area contributed by atoms with Crippen molar-refractivity contribution in [1.82, 2.24) is 0 Å². The summed E-state index contributed by atoms with van der Waals surface area (Å²) in [6.45, 7) is 9.12. The van der Waals surface area contributed by atoms with Crippen LogP contribution in [0.1, 0.15) is 143 Å². The zero-order valence-corrected chi connectivity index (χ0v) is 23.5. The first-order chi connectivity index (χ1) is 14.1. The van der Waals surface area contributed by atoms with Gasteiger partial charge in [0, 0.05) is 5.97 Å². The second kappa shape index (κ2) is 28.3. The standard InChI is InChI=1S/C8H16O2.3C6H13.Sn/c1-2-3-4-5-6-7-8(9)10;3*1-3-5-6-4-2;/h2-7H2,1H3,(H,9,10);3*1,3-6H2,2H3;/q;;;;+1/p-1. The molecule has 0 amide bonds. The first-order valence-electron chi connectivity index (χ1n) is 13.2. The van der Waals surface area contributed by atoms with E-state index in [0.717, 1.165) is 19.3 Å². The number of carboxylic acid groups (broad SMARTS) is 1. The van der Waals surface area contributed by atoms with Crippen molar-refractivity contribution in [2.75, 3.05) is 0 Å². The van der Waals surface area contributed by atoms with Crippen molar-refractivity contribution in [2.45, 2.75) is 157 Å². The Kier molecular flexibility index (Phi) is 30.7. The fourth-order valence-electron chi connectivity index (χ4n) is 3.65. The number of rotatable bonds is 21. The molecule has 0 N–H and O–H groups in total. The number of hydrogen-bond donors (Lipinski definition) is 0. The van der Waals surface area contributed by atoms with E-state index in [4.69, 9.17) is 0 Å². The normalized spacial score (nSPS) is 10.5. The molecule has 0 aliphatic carbocycles. The van der Waals surface area contributed by atoms with Crippen LogP contribution in [0.15, 0.2) is 0 Å². The van der Waals surface area contributed by atoms with E-state index in [1.165, 1.54) is 70.6 Å². The van der Waals surface area contributed by atoms with E-state index >= 15 is 0 Å². The van der Waals surface area contributed by atoms with Gasteiger partial charge < -0.3 is 9.90 Å². The Labute approximate surface area is 191 Å². The molecule has 0 aromatic heterocycles. The van der Waals surface area contributed by atoms with Gasteiger partial charge in [-0.2, -0.15) is 0 Å². The zero-order chi connectivity index (χ0) is 22.0. The molecule has 0 spiro atoms. The second-order valence-electron chi connectivity index (χ2n) is 8.72. The van der Waals surface area contributed by atoms with Crippen molar-refractivity contribution < 1.29 is 9.90 Å². The third-order valence-corrected chi connectivity index (χ3v) is 14.7. The number of carbonyl (C=O) groups is 1. The van der Waals surface area contributed by atoms with Gasteiger partial charge in [0.05, 0.1) is 0 Å². The quantitative estimate of drug-likeness (QED) is 0.113. The summed E-state index contributed by atoms with van der Waals surface area (Å²) in [6.07, 6.45) is 23.5. The molecule has 0 bridgehead atoms. The molecular weight excluding hydrogens is 463 g/mol. The topological polar surface area (TPSA) is 40.1 Å². The Morgan fingerprint density at radius 1 is 0.517 bits per heavy atom. The molecule has 0 atom stereocenters. The molecule has 0 aliphatic heterocycles. The predicted molar refractivity (Wildman–Crippen MR) is 131 cm³/mol. The fraction of sp³-hybridized carbons (Fsp3) is 0.962. The third kappa shape index (κ3) is 30.6. The van der Waals surface area contributed by atoms with Crippen LogP contribution in [-0.4, -0.2) is 25.7 Å². The maximum absolute atomic E-state index is 9.92. The van der Waals surface area contributed by atoms with E-state index in [-0.39, 0.29) is 6.42 Å². The Morgan fingerprint density at radius 3 is 1.14 bits per heavy atom. The van der Waals surface area contributed by atoms with Crippen molar-refractivity contribution in [3.05, 3.63) is 0 Å². The van der Waals surface area contributed by atoms with Gasteiger partial charge in [-0.1, -0.05) is 32.6 Å². The van der Waals surface area contributed by atoms with Crippen molar-refractivity contribution in [1.29, 1.82) is 0 Å². The second-order valence-corrected chi connectivity index (χ2v) is 17.3. The molecule has 174 valence electrons. The number of hydrogen-bond acceptors (Lipinski definition) is 2. The molecule has 0 saturated heterocycles. The number of carboxylic acids is 1. The zero-order valence-electron chi connectivity index (χ0n) is 20.7. The van der Waals surface area contributed by atoms with Gasteiger partial charge in [0.25, 0.3) is 0 Å². The number of aliphatic carboxylic acids is 1. The van der Waals surface area contributed by atoms with Crippen molar-refractivity contribution in [3.8, 4) is 0 Å². The van der Waals surface area contributed by atoms with Crippen molar-refractivity contribution >= 4 is 25.7 Å². The number of carbonyl (C=O) groups excluding carboxylic acids is 1. The van der Waals surface area contributed by atoms with Gasteiger partial charge in [0.1, 0.15) is 0 Å². The maximum atomic E-state index is 9.92. The summed E-state index contributed by atoms with van der Waals surface area (Å²) in [5, 5.41) is 9.92. The van der Waals surface area contributed by atoms with Gasteiger partial charge in [-0.3, -0.25) is 0 Å². The summed E-state index contributed by atoms with van der Waals surface area (Å²) in [7, 11) is 0. The molecule has 0 fully saturated rings. The number of unbranched alkanes of at least 4 members (excludes halogenated alkanes) is 13. The van der Waals surface area contributed by atoms with E-state index in [2.05, 4.69) is 27.7 Å². The molecule has 3 heteroatoms. The van der Waals surface area contributed by atoms with Crippen LogP contribution in [0.25, 0.3) is 0 Å². The Balaban J connectivity index is 0. The van der Waals surface area contributed by atoms with Gasteiger partial charge in [0.15, 0.2) is 0 Å². The molecule has 0 heterocycles. The molecular formula is C26H54O2Sn. The van der Waals surface area contributed by atoms with Crippen LogP contribution in [-0.2, 0) is 4.79 Å². The van der Waals surface area contributed by atoms with Gasteiger partial charge >= 0.3 is 131 Å². The predicted octanol–water partition coefficient (Wildman–Crippen LogP) is 8.32. The monoisotopic (exact) mass is 518 g/mol. The van der Waals surface area contributed by atoms with Gasteiger partial charge in [-0.05, 0) is 12.8 Å². The first-order valence-corrected chi connectivity index (χ1v) is 19.2. The van der Waals surface area contributed by atoms with Crippen LogP contribution in [0.3, 0.4) is 0 Å². The summed E-state index contributed by atoms with van der Waals surface area (Å²) in [6, 6.07) is 0. The van der Waals surface area contributed by atoms with Crippen LogP contribution in [0, 0.1) is 0 Å². The van der Waals surface area contributed by atoms with E-state index < -0.39 is 25.7 Å². The summed E-state index contributed by atoms with van der Waals surface area (Å²) in [4.78, 5) is 9.92. The Bertz CT molecular complexity index is 279. The van der Waals surface area contributed by atoms with E-state index in [1.807, 2.05) is 0 Å². The van der Waals surface area contributed by atoms with E-state index in [0.29, 0.717) is 0 Å². The molecule has 29 heavy (non-hydrogen) atoms. The van der Waals surface area contributed by atoms with Gasteiger partial charge in [-0.25, -0.2) is 0 Å². The van der Waals surface area contributed by atoms with E-state index in [9.17, 15) is 9.90 Å². The molecule has 0 radical (unpaired) electrons. The summed E-state index contributed by atoms with van der Waals surface area (Å²) >= 11 is -0.948. The van der Waals surface area contributed by atoms with Crippen molar-refractivity contribution in [2.24, 2.45) is 0 Å². The summed E-state index contributed by atoms with van der Waals surface area (Å²) in [5.74, 6) is -0.920. The summed E-state index contributed by atoms with van der Waals surface area (Å²) in [5.41, 5.74) is 0. The minimum atomic E-state index is -0.948.